The van der Waals surface area contributed by atoms with Crippen LogP contribution < -0.4 is 15.5 Å². The van der Waals surface area contributed by atoms with Crippen LogP contribution in [0.4, 0.5) is 10.5 Å². The zero-order valence-electron chi connectivity index (χ0n) is 14.6. The SMILES string of the molecule is Cc1cc(C)cc(N2CC[C@H](NC(=O)NCc3ccccc3)C2=O)c1. The summed E-state index contributed by atoms with van der Waals surface area (Å²) in [6.45, 7) is 5.09. The number of amides is 3. The van der Waals surface area contributed by atoms with Gasteiger partial charge in [0.2, 0.25) is 5.91 Å². The van der Waals surface area contributed by atoms with Crippen molar-refractivity contribution < 1.29 is 9.59 Å². The number of nitrogens with one attached hydrogen (secondary N) is 2. The first kappa shape index (κ1) is 17.0. The molecular formula is C20H23N3O2. The molecule has 3 amide bonds. The fourth-order valence-electron chi connectivity index (χ4n) is 3.16. The number of urea groups is 1. The van der Waals surface area contributed by atoms with Gasteiger partial charge in [0.1, 0.15) is 6.04 Å². The normalized spacial score (nSPS) is 16.8. The third-order valence-corrected chi connectivity index (χ3v) is 4.32. The van der Waals surface area contributed by atoms with Crippen LogP contribution in [0.2, 0.25) is 0 Å². The number of carbonyl (C=O) groups is 2. The highest BCUT2D eigenvalue weighted by atomic mass is 16.2. The van der Waals surface area contributed by atoms with E-state index in [0.717, 1.165) is 22.4 Å². The minimum absolute atomic E-state index is 0.0557. The van der Waals surface area contributed by atoms with Gasteiger partial charge in [-0.15, -0.1) is 0 Å². The summed E-state index contributed by atoms with van der Waals surface area (Å²) < 4.78 is 0. The largest absolute Gasteiger partial charge is 0.334 e. The Hall–Kier alpha value is -2.82. The van der Waals surface area contributed by atoms with Gasteiger partial charge in [-0.1, -0.05) is 36.4 Å². The van der Waals surface area contributed by atoms with Crippen molar-refractivity contribution in [3.05, 3.63) is 65.2 Å². The first-order valence-corrected chi connectivity index (χ1v) is 8.51. The maximum absolute atomic E-state index is 12.6. The molecule has 1 fully saturated rings. The maximum Gasteiger partial charge on any atom is 0.315 e. The van der Waals surface area contributed by atoms with Gasteiger partial charge in [0.05, 0.1) is 0 Å². The second-order valence-electron chi connectivity index (χ2n) is 6.49. The van der Waals surface area contributed by atoms with Crippen molar-refractivity contribution in [3.8, 4) is 0 Å². The molecule has 1 saturated heterocycles. The number of hydrogen-bond donors (Lipinski definition) is 2. The molecule has 0 aromatic heterocycles. The summed E-state index contributed by atoms with van der Waals surface area (Å²) >= 11 is 0. The third kappa shape index (κ3) is 4.18. The molecule has 0 aliphatic carbocycles. The predicted octanol–water partition coefficient (Wildman–Crippen LogP) is 2.91. The molecule has 3 rings (SSSR count). The molecule has 0 radical (unpaired) electrons. The Morgan fingerprint density at radius 1 is 1.12 bits per heavy atom. The first-order chi connectivity index (χ1) is 12.0. The lowest BCUT2D eigenvalue weighted by molar-refractivity contribution is -0.118. The molecule has 25 heavy (non-hydrogen) atoms. The van der Waals surface area contributed by atoms with Crippen molar-refractivity contribution in [2.75, 3.05) is 11.4 Å². The Balaban J connectivity index is 1.57. The van der Waals surface area contributed by atoms with Crippen LogP contribution in [0.1, 0.15) is 23.1 Å². The summed E-state index contributed by atoms with van der Waals surface area (Å²) in [6.07, 6.45) is 0.616. The number of nitrogens with zero attached hydrogens (tertiary/aromatic N) is 1. The van der Waals surface area contributed by atoms with Crippen LogP contribution in [-0.2, 0) is 11.3 Å². The number of hydrogen-bond acceptors (Lipinski definition) is 2. The highest BCUT2D eigenvalue weighted by molar-refractivity contribution is 6.01. The van der Waals surface area contributed by atoms with Crippen LogP contribution >= 0.6 is 0 Å². The number of benzene rings is 2. The van der Waals surface area contributed by atoms with Crippen LogP contribution in [0.25, 0.3) is 0 Å². The number of anilines is 1. The topological polar surface area (TPSA) is 61.4 Å². The summed E-state index contributed by atoms with van der Waals surface area (Å²) in [5.74, 6) is -0.0557. The van der Waals surface area contributed by atoms with E-state index in [1.165, 1.54) is 0 Å². The van der Waals surface area contributed by atoms with Crippen LogP contribution in [0.5, 0.6) is 0 Å². The molecule has 5 heteroatoms. The van der Waals surface area contributed by atoms with Crippen molar-refractivity contribution in [2.24, 2.45) is 0 Å². The molecule has 1 aliphatic rings. The van der Waals surface area contributed by atoms with Crippen LogP contribution in [0.15, 0.2) is 48.5 Å². The fraction of sp³-hybridized carbons (Fsp3) is 0.300. The van der Waals surface area contributed by atoms with Crippen molar-refractivity contribution in [3.63, 3.8) is 0 Å². The van der Waals surface area contributed by atoms with Crippen molar-refractivity contribution >= 4 is 17.6 Å². The van der Waals surface area contributed by atoms with Crippen LogP contribution in [0.3, 0.4) is 0 Å². The van der Waals surface area contributed by atoms with Gasteiger partial charge in [-0.05, 0) is 49.1 Å². The first-order valence-electron chi connectivity index (χ1n) is 8.51. The van der Waals surface area contributed by atoms with E-state index in [1.54, 1.807) is 4.90 Å². The molecule has 2 aromatic carbocycles. The van der Waals surface area contributed by atoms with E-state index in [0.29, 0.717) is 19.5 Å². The van der Waals surface area contributed by atoms with E-state index in [2.05, 4.69) is 16.7 Å². The molecule has 5 nitrogen and oxygen atoms in total. The average Bonchev–Trinajstić information content (AvgIpc) is 2.94. The predicted molar refractivity (Wildman–Crippen MR) is 98.5 cm³/mol. The number of carbonyl (C=O) groups excluding carboxylic acids is 2. The molecule has 130 valence electrons. The smallest absolute Gasteiger partial charge is 0.315 e. The molecule has 1 aliphatic heterocycles. The lowest BCUT2D eigenvalue weighted by Gasteiger charge is -2.18. The minimum atomic E-state index is -0.475. The van der Waals surface area contributed by atoms with E-state index in [9.17, 15) is 9.59 Å². The standard InChI is InChI=1S/C20H23N3O2/c1-14-10-15(2)12-17(11-14)23-9-8-18(19(23)24)22-20(25)21-13-16-6-4-3-5-7-16/h3-7,10-12,18H,8-9,13H2,1-2H3,(H2,21,22,25)/t18-/m0/s1. The molecular weight excluding hydrogens is 314 g/mol. The van der Waals surface area contributed by atoms with Crippen molar-refractivity contribution in [2.45, 2.75) is 32.9 Å². The minimum Gasteiger partial charge on any atom is -0.334 e. The molecule has 0 saturated carbocycles. The second kappa shape index (κ2) is 7.38. The summed E-state index contributed by atoms with van der Waals surface area (Å²) in [4.78, 5) is 26.5. The van der Waals surface area contributed by atoms with E-state index in [4.69, 9.17) is 0 Å². The summed E-state index contributed by atoms with van der Waals surface area (Å²) in [5.41, 5.74) is 4.17. The monoisotopic (exact) mass is 337 g/mol. The molecule has 0 bridgehead atoms. The van der Waals surface area contributed by atoms with Crippen molar-refractivity contribution in [1.82, 2.24) is 10.6 Å². The highest BCUT2D eigenvalue weighted by Gasteiger charge is 2.33. The number of rotatable bonds is 4. The highest BCUT2D eigenvalue weighted by Crippen LogP contribution is 2.24. The van der Waals surface area contributed by atoms with Gasteiger partial charge in [0.25, 0.3) is 0 Å². The fourth-order valence-corrected chi connectivity index (χ4v) is 3.16. The quantitative estimate of drug-likeness (QED) is 0.901. The van der Waals surface area contributed by atoms with Crippen LogP contribution in [-0.4, -0.2) is 24.5 Å². The molecule has 1 atom stereocenters. The second-order valence-corrected chi connectivity index (χ2v) is 6.49. The zero-order valence-corrected chi connectivity index (χ0v) is 14.6. The maximum atomic E-state index is 12.6. The van der Waals surface area contributed by atoms with Gasteiger partial charge in [0.15, 0.2) is 0 Å². The van der Waals surface area contributed by atoms with Gasteiger partial charge in [-0.25, -0.2) is 4.79 Å². The lowest BCUT2D eigenvalue weighted by Crippen LogP contribution is -2.45. The van der Waals surface area contributed by atoms with Gasteiger partial charge < -0.3 is 15.5 Å². The Morgan fingerprint density at radius 3 is 2.48 bits per heavy atom. The molecule has 2 aromatic rings. The Kier molecular flexibility index (Phi) is 5.03. The number of aryl methyl sites for hydroxylation is 2. The van der Waals surface area contributed by atoms with Gasteiger partial charge in [0, 0.05) is 18.8 Å². The van der Waals surface area contributed by atoms with E-state index in [-0.39, 0.29) is 11.9 Å². The molecule has 0 unspecified atom stereocenters. The van der Waals surface area contributed by atoms with Gasteiger partial charge in [-0.3, -0.25) is 4.79 Å². The molecule has 1 heterocycles. The Labute approximate surface area is 148 Å². The Bertz CT molecular complexity index is 754. The van der Waals surface area contributed by atoms with E-state index >= 15 is 0 Å². The molecule has 2 N–H and O–H groups in total. The Morgan fingerprint density at radius 2 is 1.80 bits per heavy atom. The lowest BCUT2D eigenvalue weighted by atomic mass is 10.1. The average molecular weight is 337 g/mol. The van der Waals surface area contributed by atoms with Gasteiger partial charge in [-0.2, -0.15) is 0 Å². The van der Waals surface area contributed by atoms with Gasteiger partial charge >= 0.3 is 6.03 Å². The summed E-state index contributed by atoms with van der Waals surface area (Å²) in [6, 6.07) is 15.0. The summed E-state index contributed by atoms with van der Waals surface area (Å²) in [5, 5.41) is 5.59. The zero-order chi connectivity index (χ0) is 17.8. The van der Waals surface area contributed by atoms with Crippen LogP contribution in [0, 0.1) is 13.8 Å². The van der Waals surface area contributed by atoms with E-state index < -0.39 is 6.04 Å². The van der Waals surface area contributed by atoms with Crippen molar-refractivity contribution in [1.29, 1.82) is 0 Å². The third-order valence-electron chi connectivity index (χ3n) is 4.32. The molecule has 0 spiro atoms. The summed E-state index contributed by atoms with van der Waals surface area (Å²) in [7, 11) is 0. The van der Waals surface area contributed by atoms with E-state index in [1.807, 2.05) is 56.3 Å².